The number of piperidine rings is 1. The molecule has 7 heteroatoms. The standard InChI is InChI=1S/C29H36ClN5S/c1-6-34-20(4)14-23(21(34)5)28-27(25-9-7-8-12-31-25)32-29(36)35(28)22-10-11-26(24(30)15-22)33-16-18(2)13-19(3)17-33/h7-12,14-15,18-19,27-28H,6,13,16-17H2,1-5H3,(H,32,36)/t18-,19+,27-,28-/m1/s1. The van der Waals surface area contributed by atoms with Crippen molar-refractivity contribution < 1.29 is 0 Å². The molecule has 5 nitrogen and oxygen atoms in total. The number of aryl methyl sites for hydroxylation is 1. The molecule has 2 aliphatic rings. The lowest BCUT2D eigenvalue weighted by atomic mass is 9.91. The predicted molar refractivity (Wildman–Crippen MR) is 154 cm³/mol. The topological polar surface area (TPSA) is 36.3 Å². The maximum atomic E-state index is 6.97. The minimum Gasteiger partial charge on any atom is -0.370 e. The summed E-state index contributed by atoms with van der Waals surface area (Å²) < 4.78 is 2.36. The molecule has 1 aromatic carbocycles. The van der Waals surface area contributed by atoms with E-state index in [0.717, 1.165) is 41.7 Å². The molecule has 0 bridgehead atoms. The molecule has 5 rings (SSSR count). The third-order valence-electron chi connectivity index (χ3n) is 7.76. The van der Waals surface area contributed by atoms with E-state index in [1.807, 2.05) is 18.3 Å². The van der Waals surface area contributed by atoms with E-state index in [4.69, 9.17) is 28.8 Å². The molecule has 0 aliphatic carbocycles. The van der Waals surface area contributed by atoms with Crippen molar-refractivity contribution in [2.75, 3.05) is 22.9 Å². The number of halogens is 1. The van der Waals surface area contributed by atoms with Crippen LogP contribution in [0.5, 0.6) is 0 Å². The fourth-order valence-corrected chi connectivity index (χ4v) is 6.96. The van der Waals surface area contributed by atoms with Crippen molar-refractivity contribution in [3.05, 3.63) is 76.3 Å². The van der Waals surface area contributed by atoms with Crippen LogP contribution in [0.3, 0.4) is 0 Å². The Balaban J connectivity index is 1.57. The molecule has 2 aliphatic heterocycles. The molecule has 0 unspecified atom stereocenters. The highest BCUT2D eigenvalue weighted by molar-refractivity contribution is 7.80. The Bertz CT molecular complexity index is 1250. The number of benzene rings is 1. The second-order valence-electron chi connectivity index (χ2n) is 10.6. The Morgan fingerprint density at radius 2 is 1.83 bits per heavy atom. The fraction of sp³-hybridized carbons (Fsp3) is 0.448. The number of hydrogen-bond acceptors (Lipinski definition) is 3. The summed E-state index contributed by atoms with van der Waals surface area (Å²) in [6.45, 7) is 14.2. The molecule has 0 radical (unpaired) electrons. The van der Waals surface area contributed by atoms with Crippen LogP contribution < -0.4 is 15.1 Å². The van der Waals surface area contributed by atoms with Gasteiger partial charge < -0.3 is 19.7 Å². The SMILES string of the molecule is CCn1c(C)cc([C@@H]2[C@@H](c3ccccn3)NC(=S)N2c2ccc(N3C[C@H](C)C[C@H](C)C3)c(Cl)c2)c1C. The van der Waals surface area contributed by atoms with Crippen LogP contribution in [0, 0.1) is 25.7 Å². The lowest BCUT2D eigenvalue weighted by Gasteiger charge is -2.37. The van der Waals surface area contributed by atoms with E-state index in [-0.39, 0.29) is 12.1 Å². The first kappa shape index (κ1) is 25.1. The number of nitrogens with zero attached hydrogens (tertiary/aromatic N) is 4. The molecule has 3 aromatic rings. The molecule has 4 heterocycles. The van der Waals surface area contributed by atoms with Crippen LogP contribution in [0.25, 0.3) is 0 Å². The summed E-state index contributed by atoms with van der Waals surface area (Å²) >= 11 is 12.9. The minimum absolute atomic E-state index is 0.0316. The highest BCUT2D eigenvalue weighted by Gasteiger charge is 2.42. The van der Waals surface area contributed by atoms with Gasteiger partial charge in [-0.3, -0.25) is 4.98 Å². The van der Waals surface area contributed by atoms with Crippen molar-refractivity contribution in [1.29, 1.82) is 0 Å². The minimum atomic E-state index is -0.0632. The smallest absolute Gasteiger partial charge is 0.174 e. The van der Waals surface area contributed by atoms with Gasteiger partial charge in [-0.05, 0) is 93.2 Å². The zero-order valence-electron chi connectivity index (χ0n) is 21.8. The van der Waals surface area contributed by atoms with Crippen molar-refractivity contribution >= 4 is 40.3 Å². The summed E-state index contributed by atoms with van der Waals surface area (Å²) in [7, 11) is 0. The van der Waals surface area contributed by atoms with E-state index in [0.29, 0.717) is 16.9 Å². The van der Waals surface area contributed by atoms with Gasteiger partial charge in [0.05, 0.1) is 28.5 Å². The van der Waals surface area contributed by atoms with Crippen LogP contribution in [-0.4, -0.2) is 27.8 Å². The van der Waals surface area contributed by atoms with Crippen molar-refractivity contribution in [2.45, 2.75) is 59.7 Å². The van der Waals surface area contributed by atoms with Crippen molar-refractivity contribution in [1.82, 2.24) is 14.9 Å². The second kappa shape index (κ2) is 10.1. The molecule has 2 aromatic heterocycles. The predicted octanol–water partition coefficient (Wildman–Crippen LogP) is 6.83. The zero-order valence-corrected chi connectivity index (χ0v) is 23.4. The number of nitrogens with one attached hydrogen (secondary N) is 1. The molecule has 4 atom stereocenters. The summed E-state index contributed by atoms with van der Waals surface area (Å²) in [6, 6.07) is 14.7. The first-order chi connectivity index (χ1) is 17.3. The average Bonchev–Trinajstić information content (AvgIpc) is 3.33. The van der Waals surface area contributed by atoms with E-state index in [1.165, 1.54) is 23.4 Å². The van der Waals surface area contributed by atoms with Gasteiger partial charge in [-0.2, -0.15) is 0 Å². The molecule has 36 heavy (non-hydrogen) atoms. The van der Waals surface area contributed by atoms with Gasteiger partial charge in [0.2, 0.25) is 0 Å². The van der Waals surface area contributed by atoms with E-state index in [1.54, 1.807) is 0 Å². The van der Waals surface area contributed by atoms with Crippen LogP contribution in [0.4, 0.5) is 11.4 Å². The van der Waals surface area contributed by atoms with Gasteiger partial charge in [0.25, 0.3) is 0 Å². The fourth-order valence-electron chi connectivity index (χ4n) is 6.32. The Hall–Kier alpha value is -2.57. The number of thiocarbonyl (C=S) groups is 1. The van der Waals surface area contributed by atoms with Crippen LogP contribution in [-0.2, 0) is 6.54 Å². The molecular weight excluding hydrogens is 486 g/mol. The molecule has 0 amide bonds. The van der Waals surface area contributed by atoms with Crippen LogP contribution in [0.15, 0.2) is 48.7 Å². The van der Waals surface area contributed by atoms with E-state index in [9.17, 15) is 0 Å². The van der Waals surface area contributed by atoms with Gasteiger partial charge in [0, 0.05) is 42.9 Å². The van der Waals surface area contributed by atoms with E-state index >= 15 is 0 Å². The summed E-state index contributed by atoms with van der Waals surface area (Å²) in [4.78, 5) is 9.37. The Labute approximate surface area is 225 Å². The molecule has 2 saturated heterocycles. The van der Waals surface area contributed by atoms with Gasteiger partial charge in [-0.15, -0.1) is 0 Å². The molecule has 0 spiro atoms. The first-order valence-electron chi connectivity index (χ1n) is 13.0. The van der Waals surface area contributed by atoms with E-state index < -0.39 is 0 Å². The van der Waals surface area contributed by atoms with Crippen LogP contribution in [0.2, 0.25) is 5.02 Å². The summed E-state index contributed by atoms with van der Waals surface area (Å²) in [5.74, 6) is 1.33. The van der Waals surface area contributed by atoms with Gasteiger partial charge in [0.1, 0.15) is 0 Å². The maximum absolute atomic E-state index is 6.97. The summed E-state index contributed by atoms with van der Waals surface area (Å²) in [5, 5.41) is 5.05. The number of anilines is 2. The lowest BCUT2D eigenvalue weighted by molar-refractivity contribution is 0.357. The summed E-state index contributed by atoms with van der Waals surface area (Å²) in [5.41, 5.74) is 6.87. The largest absolute Gasteiger partial charge is 0.370 e. The third-order valence-corrected chi connectivity index (χ3v) is 8.38. The highest BCUT2D eigenvalue weighted by atomic mass is 35.5. The van der Waals surface area contributed by atoms with Crippen molar-refractivity contribution in [3.63, 3.8) is 0 Å². The zero-order chi connectivity index (χ0) is 25.6. The monoisotopic (exact) mass is 521 g/mol. The Kier molecular flexibility index (Phi) is 7.01. The number of aromatic nitrogens is 2. The molecule has 0 saturated carbocycles. The number of rotatable bonds is 5. The third kappa shape index (κ3) is 4.50. The van der Waals surface area contributed by atoms with Crippen molar-refractivity contribution in [3.8, 4) is 0 Å². The lowest BCUT2D eigenvalue weighted by Crippen LogP contribution is -2.38. The molecule has 1 N–H and O–H groups in total. The second-order valence-corrected chi connectivity index (χ2v) is 11.3. The Morgan fingerprint density at radius 3 is 2.44 bits per heavy atom. The quantitative estimate of drug-likeness (QED) is 0.372. The van der Waals surface area contributed by atoms with Gasteiger partial charge in [-0.1, -0.05) is 31.5 Å². The first-order valence-corrected chi connectivity index (χ1v) is 13.8. The highest BCUT2D eigenvalue weighted by Crippen LogP contribution is 2.45. The molecule has 190 valence electrons. The number of pyridine rings is 1. The molecular formula is C29H36ClN5S. The van der Waals surface area contributed by atoms with Crippen LogP contribution >= 0.6 is 23.8 Å². The Morgan fingerprint density at radius 1 is 1.08 bits per heavy atom. The number of hydrogen-bond donors (Lipinski definition) is 1. The maximum Gasteiger partial charge on any atom is 0.174 e. The molecule has 2 fully saturated rings. The van der Waals surface area contributed by atoms with Crippen molar-refractivity contribution in [2.24, 2.45) is 11.8 Å². The van der Waals surface area contributed by atoms with Gasteiger partial charge >= 0.3 is 0 Å². The van der Waals surface area contributed by atoms with Crippen LogP contribution in [0.1, 0.15) is 61.9 Å². The normalized spacial score (nSPS) is 24.3. The van der Waals surface area contributed by atoms with Gasteiger partial charge in [0.15, 0.2) is 5.11 Å². The average molecular weight is 522 g/mol. The summed E-state index contributed by atoms with van der Waals surface area (Å²) in [6.07, 6.45) is 3.12. The van der Waals surface area contributed by atoms with E-state index in [2.05, 4.69) is 84.6 Å². The van der Waals surface area contributed by atoms with Gasteiger partial charge in [-0.25, -0.2) is 0 Å².